The lowest BCUT2D eigenvalue weighted by Gasteiger charge is -2.15. The normalized spacial score (nSPS) is 14.3. The van der Waals surface area contributed by atoms with Gasteiger partial charge in [-0.15, -0.1) is 24.0 Å². The van der Waals surface area contributed by atoms with Crippen molar-refractivity contribution in [1.82, 2.24) is 25.4 Å². The number of para-hydroxylation sites is 1. The molecule has 1 aromatic carbocycles. The van der Waals surface area contributed by atoms with E-state index in [1.165, 1.54) is 15.8 Å². The molecule has 0 aliphatic carbocycles. The van der Waals surface area contributed by atoms with Crippen LogP contribution in [0.25, 0.3) is 10.9 Å². The van der Waals surface area contributed by atoms with Crippen molar-refractivity contribution in [2.75, 3.05) is 33.2 Å². The van der Waals surface area contributed by atoms with E-state index < -0.39 is 0 Å². The number of hydrogen-bond donors (Lipinski definition) is 3. The van der Waals surface area contributed by atoms with Crippen molar-refractivity contribution < 1.29 is 9.59 Å². The Morgan fingerprint density at radius 3 is 2.67 bits per heavy atom. The Morgan fingerprint density at radius 2 is 1.93 bits per heavy atom. The highest BCUT2D eigenvalue weighted by molar-refractivity contribution is 14.0. The fourth-order valence-electron chi connectivity index (χ4n) is 2.98. The third-order valence-electron chi connectivity index (χ3n) is 4.34. The highest BCUT2D eigenvalue weighted by Crippen LogP contribution is 2.15. The number of urea groups is 1. The molecule has 1 fully saturated rings. The van der Waals surface area contributed by atoms with Gasteiger partial charge in [-0.1, -0.05) is 18.2 Å². The molecule has 0 spiro atoms. The number of aromatic nitrogens is 1. The molecule has 9 heteroatoms. The molecule has 0 radical (unpaired) electrons. The van der Waals surface area contributed by atoms with Crippen molar-refractivity contribution >= 4 is 52.8 Å². The van der Waals surface area contributed by atoms with Crippen LogP contribution >= 0.6 is 24.0 Å². The molecule has 146 valence electrons. The smallest absolute Gasteiger partial charge is 0.324 e. The lowest BCUT2D eigenvalue weighted by molar-refractivity contribution is -0.124. The van der Waals surface area contributed by atoms with E-state index in [-0.39, 0.29) is 42.5 Å². The van der Waals surface area contributed by atoms with Gasteiger partial charge < -0.3 is 20.5 Å². The number of nitrogens with zero attached hydrogens (tertiary/aromatic N) is 3. The Morgan fingerprint density at radius 1 is 1.15 bits per heavy atom. The highest BCUT2D eigenvalue weighted by Gasteiger charge is 2.27. The van der Waals surface area contributed by atoms with Crippen LogP contribution in [0.3, 0.4) is 0 Å². The van der Waals surface area contributed by atoms with Gasteiger partial charge in [-0.25, -0.2) is 4.79 Å². The van der Waals surface area contributed by atoms with Crippen LogP contribution in [0.2, 0.25) is 0 Å². The number of guanidine groups is 1. The topological polar surface area (TPSA) is 90.8 Å². The maximum absolute atomic E-state index is 11.5. The number of nitrogens with one attached hydrogen (secondary N) is 3. The van der Waals surface area contributed by atoms with Crippen LogP contribution in [0.5, 0.6) is 0 Å². The van der Waals surface area contributed by atoms with Gasteiger partial charge in [0.05, 0.1) is 6.54 Å². The molecule has 0 saturated carbocycles. The lowest BCUT2D eigenvalue weighted by Crippen LogP contribution is -2.43. The second-order valence-corrected chi connectivity index (χ2v) is 6.05. The second kappa shape index (κ2) is 10.1. The largest absolute Gasteiger partial charge is 0.356 e. The van der Waals surface area contributed by atoms with Crippen molar-refractivity contribution in [3.05, 3.63) is 36.5 Å². The molecule has 0 atom stereocenters. The van der Waals surface area contributed by atoms with Crippen molar-refractivity contribution in [3.8, 4) is 0 Å². The molecular weight excluding hydrogens is 459 g/mol. The van der Waals surface area contributed by atoms with Crippen molar-refractivity contribution in [2.45, 2.75) is 13.0 Å². The maximum atomic E-state index is 11.5. The molecule has 8 nitrogen and oxygen atoms in total. The minimum atomic E-state index is -0.335. The van der Waals surface area contributed by atoms with Gasteiger partial charge in [0, 0.05) is 44.9 Å². The van der Waals surface area contributed by atoms with E-state index in [1.54, 1.807) is 7.05 Å². The standard InChI is InChI=1S/C18H24N6O2.HI/c1-19-17(21-9-12-24-16(25)13-22-18(24)26)20-8-4-10-23-11-7-14-5-2-3-6-15(14)23;/h2-3,5-7,11H,4,8-10,12-13H2,1H3,(H,22,26)(H2,19,20,21);1H. The summed E-state index contributed by atoms with van der Waals surface area (Å²) in [7, 11) is 1.70. The first-order chi connectivity index (χ1) is 12.7. The number of halogens is 1. The van der Waals surface area contributed by atoms with Crippen LogP contribution in [0, 0.1) is 0 Å². The fraction of sp³-hybridized carbons (Fsp3) is 0.389. The number of imide groups is 1. The van der Waals surface area contributed by atoms with E-state index in [0.717, 1.165) is 19.5 Å². The average Bonchev–Trinajstić information content (AvgIpc) is 3.21. The Hall–Kier alpha value is -2.30. The quantitative estimate of drug-likeness (QED) is 0.182. The number of hydrogen-bond acceptors (Lipinski definition) is 3. The first kappa shape index (κ1) is 21.0. The number of carbonyl (C=O) groups is 2. The van der Waals surface area contributed by atoms with E-state index in [9.17, 15) is 9.59 Å². The van der Waals surface area contributed by atoms with Gasteiger partial charge in [0.25, 0.3) is 0 Å². The van der Waals surface area contributed by atoms with Crippen LogP contribution in [0.4, 0.5) is 4.79 Å². The monoisotopic (exact) mass is 484 g/mol. The van der Waals surface area contributed by atoms with E-state index in [2.05, 4.69) is 49.9 Å². The molecule has 2 aromatic rings. The Labute approximate surface area is 175 Å². The molecule has 1 aliphatic rings. The zero-order valence-corrected chi connectivity index (χ0v) is 17.6. The number of fused-ring (bicyclic) bond motifs is 1. The van der Waals surface area contributed by atoms with Crippen LogP contribution in [0.1, 0.15) is 6.42 Å². The summed E-state index contributed by atoms with van der Waals surface area (Å²) in [4.78, 5) is 28.3. The summed E-state index contributed by atoms with van der Waals surface area (Å²) in [5, 5.41) is 10.1. The summed E-state index contributed by atoms with van der Waals surface area (Å²) < 4.78 is 2.24. The Balaban J connectivity index is 0.00000261. The SMILES string of the molecule is CN=C(NCCCn1ccc2ccccc21)NCCN1C(=O)CNC1=O.I. The first-order valence-corrected chi connectivity index (χ1v) is 8.75. The molecule has 0 bridgehead atoms. The Bertz CT molecular complexity index is 803. The van der Waals surface area contributed by atoms with Gasteiger partial charge in [0.2, 0.25) is 5.91 Å². The number of benzene rings is 1. The maximum Gasteiger partial charge on any atom is 0.324 e. The molecule has 0 unspecified atom stereocenters. The molecule has 3 rings (SSSR count). The minimum absolute atomic E-state index is 0. The minimum Gasteiger partial charge on any atom is -0.356 e. The predicted octanol–water partition coefficient (Wildman–Crippen LogP) is 1.37. The van der Waals surface area contributed by atoms with Gasteiger partial charge in [-0.2, -0.15) is 0 Å². The lowest BCUT2D eigenvalue weighted by atomic mass is 10.2. The van der Waals surface area contributed by atoms with E-state index in [4.69, 9.17) is 0 Å². The molecule has 3 amide bonds. The van der Waals surface area contributed by atoms with Gasteiger partial charge in [0.15, 0.2) is 5.96 Å². The van der Waals surface area contributed by atoms with E-state index >= 15 is 0 Å². The third kappa shape index (κ3) is 5.34. The van der Waals surface area contributed by atoms with E-state index in [1.807, 2.05) is 12.1 Å². The average molecular weight is 484 g/mol. The number of aryl methyl sites for hydroxylation is 1. The third-order valence-corrected chi connectivity index (χ3v) is 4.34. The van der Waals surface area contributed by atoms with Crippen molar-refractivity contribution in [1.29, 1.82) is 0 Å². The number of carbonyl (C=O) groups excluding carboxylic acids is 2. The van der Waals surface area contributed by atoms with Gasteiger partial charge in [-0.05, 0) is 23.9 Å². The molecular formula is C18H25IN6O2. The number of amides is 3. The summed E-state index contributed by atoms with van der Waals surface area (Å²) in [5.41, 5.74) is 1.24. The fourth-order valence-corrected chi connectivity index (χ4v) is 2.98. The molecule has 2 heterocycles. The van der Waals surface area contributed by atoms with Gasteiger partial charge >= 0.3 is 6.03 Å². The van der Waals surface area contributed by atoms with Crippen LogP contribution in [-0.4, -0.2) is 60.6 Å². The van der Waals surface area contributed by atoms with Crippen molar-refractivity contribution in [2.24, 2.45) is 4.99 Å². The second-order valence-electron chi connectivity index (χ2n) is 6.05. The molecule has 1 aliphatic heterocycles. The Kier molecular flexibility index (Phi) is 7.89. The van der Waals surface area contributed by atoms with Gasteiger partial charge in [0.1, 0.15) is 0 Å². The van der Waals surface area contributed by atoms with Crippen LogP contribution < -0.4 is 16.0 Å². The molecule has 27 heavy (non-hydrogen) atoms. The molecule has 1 aromatic heterocycles. The first-order valence-electron chi connectivity index (χ1n) is 8.75. The molecule has 3 N–H and O–H groups in total. The zero-order chi connectivity index (χ0) is 18.4. The number of rotatable bonds is 7. The summed E-state index contributed by atoms with van der Waals surface area (Å²) in [6.07, 6.45) is 3.06. The van der Waals surface area contributed by atoms with Gasteiger partial charge in [-0.3, -0.25) is 14.7 Å². The van der Waals surface area contributed by atoms with E-state index in [0.29, 0.717) is 19.0 Å². The summed E-state index contributed by atoms with van der Waals surface area (Å²) in [5.74, 6) is 0.466. The highest BCUT2D eigenvalue weighted by atomic mass is 127. The van der Waals surface area contributed by atoms with Crippen LogP contribution in [-0.2, 0) is 11.3 Å². The van der Waals surface area contributed by atoms with Crippen molar-refractivity contribution in [3.63, 3.8) is 0 Å². The summed E-state index contributed by atoms with van der Waals surface area (Å²) in [6.45, 7) is 2.55. The summed E-state index contributed by atoms with van der Waals surface area (Å²) >= 11 is 0. The predicted molar refractivity (Wildman–Crippen MR) is 116 cm³/mol. The number of aliphatic imine (C=N–C) groups is 1. The van der Waals surface area contributed by atoms with Crippen LogP contribution in [0.15, 0.2) is 41.5 Å². The molecule has 1 saturated heterocycles. The zero-order valence-electron chi connectivity index (χ0n) is 15.3. The summed E-state index contributed by atoms with van der Waals surface area (Å²) in [6, 6.07) is 10.1.